The molecule has 34 heavy (non-hydrogen) atoms. The molecule has 3 fully saturated rings. The molecule has 11 heteroatoms. The van der Waals surface area contributed by atoms with Crippen molar-refractivity contribution in [2.45, 2.75) is 76.3 Å². The summed E-state index contributed by atoms with van der Waals surface area (Å²) in [7, 11) is 0. The van der Waals surface area contributed by atoms with Gasteiger partial charge in [0, 0.05) is 39.1 Å². The van der Waals surface area contributed by atoms with Crippen molar-refractivity contribution >= 4 is 29.7 Å². The number of carbonyl (C=O) groups excluding carboxylic acids is 4. The van der Waals surface area contributed by atoms with Crippen LogP contribution in [0.5, 0.6) is 0 Å². The van der Waals surface area contributed by atoms with Crippen LogP contribution in [-0.4, -0.2) is 89.8 Å². The normalized spacial score (nSPS) is 23.1. The highest BCUT2D eigenvalue weighted by molar-refractivity contribution is 5.86. The average Bonchev–Trinajstić information content (AvgIpc) is 3.52. The van der Waals surface area contributed by atoms with E-state index in [9.17, 15) is 29.1 Å². The maximum Gasteiger partial charge on any atom is 0.331 e. The van der Waals surface area contributed by atoms with Crippen molar-refractivity contribution < 1.29 is 43.3 Å². The van der Waals surface area contributed by atoms with Crippen LogP contribution < -0.4 is 0 Å². The largest absolute Gasteiger partial charge is 0.480 e. The molecule has 2 atom stereocenters. The molecule has 3 rings (SSSR count). The van der Waals surface area contributed by atoms with E-state index in [1.807, 2.05) is 0 Å². The number of rotatable bonds is 10. The number of carboxylic acid groups (broad SMARTS) is 1. The Kier molecular flexibility index (Phi) is 9.67. The van der Waals surface area contributed by atoms with Crippen LogP contribution in [0.15, 0.2) is 0 Å². The lowest BCUT2D eigenvalue weighted by atomic mass is 10.0. The number of ether oxygens (including phenoxy) is 3. The van der Waals surface area contributed by atoms with Crippen LogP contribution >= 0.6 is 0 Å². The lowest BCUT2D eigenvalue weighted by molar-refractivity contribution is -0.175. The summed E-state index contributed by atoms with van der Waals surface area (Å²) < 4.78 is 15.4. The second-order valence-corrected chi connectivity index (χ2v) is 8.97. The van der Waals surface area contributed by atoms with Crippen LogP contribution in [-0.2, 0) is 38.2 Å². The van der Waals surface area contributed by atoms with Crippen molar-refractivity contribution in [2.24, 2.45) is 5.92 Å². The highest BCUT2D eigenvalue weighted by Gasteiger charge is 2.36. The van der Waals surface area contributed by atoms with Crippen molar-refractivity contribution in [1.29, 1.82) is 0 Å². The van der Waals surface area contributed by atoms with Gasteiger partial charge in [-0.1, -0.05) is 0 Å². The number of likely N-dealkylation sites (tertiary alicyclic amines) is 2. The van der Waals surface area contributed by atoms with Gasteiger partial charge in [-0.25, -0.2) is 9.59 Å². The Balaban J connectivity index is 1.34. The smallest absolute Gasteiger partial charge is 0.331 e. The van der Waals surface area contributed by atoms with E-state index in [4.69, 9.17) is 14.2 Å². The van der Waals surface area contributed by atoms with Gasteiger partial charge in [-0.05, 0) is 51.4 Å². The van der Waals surface area contributed by atoms with Gasteiger partial charge in [0.1, 0.15) is 12.1 Å². The molecule has 0 aliphatic carbocycles. The molecule has 0 saturated carbocycles. The first-order valence-electron chi connectivity index (χ1n) is 12.1. The first-order chi connectivity index (χ1) is 16.4. The Hall–Kier alpha value is -2.69. The first-order valence-corrected chi connectivity index (χ1v) is 12.1. The first kappa shape index (κ1) is 25.9. The summed E-state index contributed by atoms with van der Waals surface area (Å²) in [5, 5.41) is 9.20. The molecule has 3 aliphatic heterocycles. The van der Waals surface area contributed by atoms with Crippen LogP contribution in [0.3, 0.4) is 0 Å². The fourth-order valence-electron chi connectivity index (χ4n) is 4.76. The van der Waals surface area contributed by atoms with Crippen LogP contribution in [0, 0.1) is 5.92 Å². The minimum absolute atomic E-state index is 0.185. The number of nitrogens with zero attached hydrogens (tertiary/aromatic N) is 2. The maximum atomic E-state index is 12.6. The van der Waals surface area contributed by atoms with Crippen LogP contribution in [0.2, 0.25) is 0 Å². The number of esters is 2. The van der Waals surface area contributed by atoms with E-state index in [2.05, 4.69) is 0 Å². The zero-order valence-corrected chi connectivity index (χ0v) is 19.4. The second kappa shape index (κ2) is 12.7. The highest BCUT2D eigenvalue weighted by Crippen LogP contribution is 2.22. The monoisotopic (exact) mass is 482 g/mol. The minimum atomic E-state index is -0.980. The fourth-order valence-corrected chi connectivity index (χ4v) is 4.76. The van der Waals surface area contributed by atoms with Crippen molar-refractivity contribution in [3.63, 3.8) is 0 Å². The Morgan fingerprint density at radius 3 is 1.88 bits per heavy atom. The number of carbonyl (C=O) groups is 5. The zero-order valence-electron chi connectivity index (χ0n) is 19.4. The Labute approximate surface area is 198 Å². The summed E-state index contributed by atoms with van der Waals surface area (Å²) >= 11 is 0. The molecule has 0 aromatic carbocycles. The molecule has 1 N–H and O–H groups in total. The fraction of sp³-hybridized carbons (Fsp3) is 0.783. The molecule has 11 nitrogen and oxygen atoms in total. The lowest BCUT2D eigenvalue weighted by Gasteiger charge is -2.24. The van der Waals surface area contributed by atoms with Gasteiger partial charge in [0.25, 0.3) is 0 Å². The number of hydrogen-bond acceptors (Lipinski definition) is 8. The van der Waals surface area contributed by atoms with E-state index >= 15 is 0 Å². The van der Waals surface area contributed by atoms with E-state index in [0.717, 1.165) is 0 Å². The van der Waals surface area contributed by atoms with Gasteiger partial charge in [-0.3, -0.25) is 14.4 Å². The third-order valence-electron chi connectivity index (χ3n) is 6.69. The molecule has 190 valence electrons. The van der Waals surface area contributed by atoms with Gasteiger partial charge in [0.05, 0.1) is 5.92 Å². The summed E-state index contributed by atoms with van der Waals surface area (Å²) in [4.78, 5) is 63.5. The van der Waals surface area contributed by atoms with Crippen LogP contribution in [0.4, 0.5) is 0 Å². The average molecular weight is 483 g/mol. The molecular weight excluding hydrogens is 448 g/mol. The van der Waals surface area contributed by atoms with Crippen LogP contribution in [0.1, 0.15) is 64.2 Å². The van der Waals surface area contributed by atoms with Crippen molar-refractivity contribution in [1.82, 2.24) is 9.80 Å². The molecule has 0 spiro atoms. The molecule has 2 amide bonds. The summed E-state index contributed by atoms with van der Waals surface area (Å²) in [6, 6.07) is -1.45. The number of carboxylic acids is 1. The van der Waals surface area contributed by atoms with E-state index in [1.54, 1.807) is 0 Å². The number of unbranched alkanes of at least 4 members (excludes halogenated alkanes) is 1. The van der Waals surface area contributed by atoms with Gasteiger partial charge >= 0.3 is 17.9 Å². The number of hydrogen-bond donors (Lipinski definition) is 1. The third-order valence-corrected chi connectivity index (χ3v) is 6.69. The predicted octanol–water partition coefficient (Wildman–Crippen LogP) is 1.08. The van der Waals surface area contributed by atoms with E-state index in [1.165, 1.54) is 9.80 Å². The second-order valence-electron chi connectivity index (χ2n) is 8.97. The number of aliphatic carboxylic acids is 1. The topological polar surface area (TPSA) is 140 Å². The van der Waals surface area contributed by atoms with Crippen molar-refractivity contribution in [3.05, 3.63) is 0 Å². The lowest BCUT2D eigenvalue weighted by Crippen LogP contribution is -2.41. The Morgan fingerprint density at radius 2 is 1.29 bits per heavy atom. The maximum absolute atomic E-state index is 12.6. The molecular formula is C23H34N2O9. The van der Waals surface area contributed by atoms with Crippen molar-refractivity contribution in [2.75, 3.05) is 33.1 Å². The van der Waals surface area contributed by atoms with E-state index in [-0.39, 0.29) is 30.6 Å². The highest BCUT2D eigenvalue weighted by atomic mass is 16.7. The summed E-state index contributed by atoms with van der Waals surface area (Å²) in [5.41, 5.74) is 0. The Bertz CT molecular complexity index is 766. The quantitative estimate of drug-likeness (QED) is 0.275. The minimum Gasteiger partial charge on any atom is -0.480 e. The van der Waals surface area contributed by atoms with Gasteiger partial charge in [-0.15, -0.1) is 0 Å². The predicted molar refractivity (Wildman–Crippen MR) is 116 cm³/mol. The van der Waals surface area contributed by atoms with Crippen molar-refractivity contribution in [3.8, 4) is 0 Å². The molecule has 0 aromatic rings. The van der Waals surface area contributed by atoms with Gasteiger partial charge in [0.2, 0.25) is 18.6 Å². The summed E-state index contributed by atoms with van der Waals surface area (Å²) in [6.07, 6.45) is 4.82. The molecule has 0 unspecified atom stereocenters. The van der Waals surface area contributed by atoms with Gasteiger partial charge < -0.3 is 29.1 Å². The van der Waals surface area contributed by atoms with Crippen LogP contribution in [0.25, 0.3) is 0 Å². The standard InChI is InChI=1S/C23H34N2O9/c26-19(24-11-3-5-17(24)21(28)29)7-1-2-8-20(27)25-12-4-6-18(25)23(31)34-15-33-22(30)16-9-13-32-14-10-16/h16-18H,1-15H2,(H,28,29)/t17-,18-/m1/s1. The molecule has 3 heterocycles. The molecule has 3 saturated heterocycles. The van der Waals surface area contributed by atoms with E-state index in [0.29, 0.717) is 77.7 Å². The van der Waals surface area contributed by atoms with Gasteiger partial charge in [0.15, 0.2) is 0 Å². The Morgan fingerprint density at radius 1 is 0.765 bits per heavy atom. The zero-order chi connectivity index (χ0) is 24.5. The van der Waals surface area contributed by atoms with Gasteiger partial charge in [-0.2, -0.15) is 0 Å². The third kappa shape index (κ3) is 6.91. The molecule has 0 aromatic heterocycles. The molecule has 0 bridgehead atoms. The summed E-state index contributed by atoms with van der Waals surface area (Å²) in [5.74, 6) is -2.61. The summed E-state index contributed by atoms with van der Waals surface area (Å²) in [6.45, 7) is 1.45. The number of amides is 2. The van der Waals surface area contributed by atoms with E-state index < -0.39 is 36.8 Å². The SMILES string of the molecule is O=C(OCOC(=O)[C@H]1CCCN1C(=O)CCCCC(=O)N1CCC[C@@H]1C(=O)O)C1CCOCC1. The molecule has 3 aliphatic rings. The molecule has 0 radical (unpaired) electrons.